The van der Waals surface area contributed by atoms with E-state index >= 15 is 0 Å². The molecule has 4 aromatic rings. The fourth-order valence-corrected chi connectivity index (χ4v) is 2.69. The molecule has 28 heavy (non-hydrogen) atoms. The molecule has 0 saturated heterocycles. The summed E-state index contributed by atoms with van der Waals surface area (Å²) in [7, 11) is 0. The summed E-state index contributed by atoms with van der Waals surface area (Å²) in [5, 5.41) is 6.26. The minimum atomic E-state index is -0.492. The molecule has 0 radical (unpaired) electrons. The smallest absolute Gasteiger partial charge is 0.229 e. The third-order valence-electron chi connectivity index (χ3n) is 3.85. The Kier molecular flexibility index (Phi) is 5.11. The normalized spacial score (nSPS) is 10.6. The molecule has 9 heteroatoms. The summed E-state index contributed by atoms with van der Waals surface area (Å²) in [5.74, 6) is 1.16. The topological polar surface area (TPSA) is 88.8 Å². The van der Waals surface area contributed by atoms with Crippen molar-refractivity contribution in [3.05, 3.63) is 78.1 Å². The Balaban J connectivity index is 1.64. The Hall–Kier alpha value is -3.52. The van der Waals surface area contributed by atoms with Gasteiger partial charge in [-0.05, 0) is 30.3 Å². The molecule has 3 aromatic heterocycles. The quantitative estimate of drug-likeness (QED) is 0.489. The average molecular weight is 397 g/mol. The monoisotopic (exact) mass is 396 g/mol. The molecule has 0 spiro atoms. The molecule has 0 amide bonds. The van der Waals surface area contributed by atoms with Gasteiger partial charge in [0.2, 0.25) is 5.95 Å². The molecular weight excluding hydrogens is 383 g/mol. The van der Waals surface area contributed by atoms with Crippen molar-refractivity contribution in [3.8, 4) is 11.1 Å². The van der Waals surface area contributed by atoms with Crippen LogP contribution in [0.25, 0.3) is 11.1 Å². The first kappa shape index (κ1) is 17.9. The summed E-state index contributed by atoms with van der Waals surface area (Å²) >= 11 is 5.83. The second-order valence-electron chi connectivity index (χ2n) is 5.77. The highest BCUT2D eigenvalue weighted by molar-refractivity contribution is 6.31. The number of nitrogens with zero attached hydrogens (tertiary/aromatic N) is 4. The molecule has 1 aromatic carbocycles. The van der Waals surface area contributed by atoms with Crippen LogP contribution in [0.15, 0.2) is 65.9 Å². The second-order valence-corrected chi connectivity index (χ2v) is 6.18. The van der Waals surface area contributed by atoms with Crippen molar-refractivity contribution >= 4 is 29.1 Å². The number of hydrogen-bond acceptors (Lipinski definition) is 7. The minimum Gasteiger partial charge on any atom is -0.467 e. The number of benzene rings is 1. The number of aromatic nitrogens is 4. The van der Waals surface area contributed by atoms with Gasteiger partial charge in [-0.3, -0.25) is 0 Å². The third kappa shape index (κ3) is 4.07. The van der Waals surface area contributed by atoms with Crippen molar-refractivity contribution in [2.24, 2.45) is 0 Å². The summed E-state index contributed by atoms with van der Waals surface area (Å²) in [5.41, 5.74) is 2.06. The van der Waals surface area contributed by atoms with Crippen LogP contribution in [0.1, 0.15) is 5.76 Å². The first-order valence-corrected chi connectivity index (χ1v) is 8.67. The largest absolute Gasteiger partial charge is 0.467 e. The predicted molar refractivity (Wildman–Crippen MR) is 104 cm³/mol. The van der Waals surface area contributed by atoms with Crippen molar-refractivity contribution in [1.82, 2.24) is 19.9 Å². The molecule has 0 aliphatic rings. The average Bonchev–Trinajstić information content (AvgIpc) is 3.24. The number of nitrogens with one attached hydrogen (secondary N) is 2. The minimum absolute atomic E-state index is 0.0132. The fourth-order valence-electron chi connectivity index (χ4n) is 2.51. The Morgan fingerprint density at radius 2 is 1.96 bits per heavy atom. The zero-order valence-electron chi connectivity index (χ0n) is 14.4. The van der Waals surface area contributed by atoms with E-state index in [0.29, 0.717) is 24.0 Å². The first-order valence-electron chi connectivity index (χ1n) is 8.30. The lowest BCUT2D eigenvalue weighted by Gasteiger charge is -2.12. The maximum Gasteiger partial charge on any atom is 0.229 e. The molecule has 0 aliphatic heterocycles. The predicted octanol–water partition coefficient (Wildman–Crippen LogP) is 4.67. The van der Waals surface area contributed by atoms with Crippen LogP contribution >= 0.6 is 11.6 Å². The lowest BCUT2D eigenvalue weighted by molar-refractivity contribution is 0.518. The van der Waals surface area contributed by atoms with Gasteiger partial charge in [0.25, 0.3) is 0 Å². The van der Waals surface area contributed by atoms with Gasteiger partial charge in [0, 0.05) is 35.4 Å². The molecule has 4 rings (SSSR count). The van der Waals surface area contributed by atoms with Crippen LogP contribution in [0.5, 0.6) is 0 Å². The molecule has 7 nitrogen and oxygen atoms in total. The molecule has 0 aliphatic carbocycles. The maximum absolute atomic E-state index is 13.4. The van der Waals surface area contributed by atoms with Gasteiger partial charge < -0.3 is 15.1 Å². The standard InChI is InChI=1S/C19H14ClFN6O/c20-16-6-13(3-4-17(16)21)26-19-25-10-15(12-7-22-11-23-8-12)18(27-19)24-9-14-2-1-5-28-14/h1-8,10-11H,9H2,(H2,24,25,26,27). The van der Waals surface area contributed by atoms with Crippen LogP contribution in [-0.4, -0.2) is 19.9 Å². The van der Waals surface area contributed by atoms with E-state index in [0.717, 1.165) is 16.9 Å². The lowest BCUT2D eigenvalue weighted by atomic mass is 10.1. The van der Waals surface area contributed by atoms with E-state index in [1.165, 1.54) is 18.5 Å². The summed E-state index contributed by atoms with van der Waals surface area (Å²) < 4.78 is 18.7. The van der Waals surface area contributed by atoms with Gasteiger partial charge in [-0.25, -0.2) is 19.3 Å². The molecule has 0 saturated carbocycles. The first-order chi connectivity index (χ1) is 13.7. The van der Waals surface area contributed by atoms with E-state index in [2.05, 4.69) is 30.6 Å². The van der Waals surface area contributed by atoms with Gasteiger partial charge in [0.1, 0.15) is 23.7 Å². The van der Waals surface area contributed by atoms with Gasteiger partial charge in [-0.1, -0.05) is 11.6 Å². The van der Waals surface area contributed by atoms with Crippen LogP contribution in [-0.2, 0) is 6.54 Å². The molecule has 0 unspecified atom stereocenters. The molecular formula is C19H14ClFN6O. The van der Waals surface area contributed by atoms with E-state index < -0.39 is 5.82 Å². The highest BCUT2D eigenvalue weighted by Gasteiger charge is 2.11. The molecule has 0 bridgehead atoms. The van der Waals surface area contributed by atoms with E-state index in [9.17, 15) is 4.39 Å². The van der Waals surface area contributed by atoms with Gasteiger partial charge in [0.15, 0.2) is 0 Å². The fraction of sp³-hybridized carbons (Fsp3) is 0.0526. The van der Waals surface area contributed by atoms with Crippen molar-refractivity contribution in [2.75, 3.05) is 10.6 Å². The van der Waals surface area contributed by atoms with Crippen molar-refractivity contribution in [3.63, 3.8) is 0 Å². The van der Waals surface area contributed by atoms with Crippen LogP contribution in [0, 0.1) is 5.82 Å². The summed E-state index contributed by atoms with van der Waals surface area (Å²) in [6, 6.07) is 7.97. The van der Waals surface area contributed by atoms with Crippen LogP contribution in [0.3, 0.4) is 0 Å². The van der Waals surface area contributed by atoms with Crippen LogP contribution < -0.4 is 10.6 Å². The Morgan fingerprint density at radius 1 is 1.11 bits per heavy atom. The van der Waals surface area contributed by atoms with Gasteiger partial charge in [-0.15, -0.1) is 0 Å². The van der Waals surface area contributed by atoms with Crippen molar-refractivity contribution in [2.45, 2.75) is 6.54 Å². The number of rotatable bonds is 6. The Labute approximate surface area is 164 Å². The Morgan fingerprint density at radius 3 is 2.71 bits per heavy atom. The SMILES string of the molecule is Fc1ccc(Nc2ncc(-c3cncnc3)c(NCc3ccco3)n2)cc1Cl. The summed E-state index contributed by atoms with van der Waals surface area (Å²) in [4.78, 5) is 16.9. The van der Waals surface area contributed by atoms with Crippen molar-refractivity contribution < 1.29 is 8.81 Å². The van der Waals surface area contributed by atoms with E-state index in [4.69, 9.17) is 16.0 Å². The van der Waals surface area contributed by atoms with Crippen LogP contribution in [0.4, 0.5) is 21.8 Å². The van der Waals surface area contributed by atoms with Gasteiger partial charge in [0.05, 0.1) is 17.8 Å². The molecule has 2 N–H and O–H groups in total. The second kappa shape index (κ2) is 8.01. The zero-order valence-corrected chi connectivity index (χ0v) is 15.2. The summed E-state index contributed by atoms with van der Waals surface area (Å²) in [6.45, 7) is 0.437. The van der Waals surface area contributed by atoms with Crippen molar-refractivity contribution in [1.29, 1.82) is 0 Å². The molecule has 0 fully saturated rings. The molecule has 140 valence electrons. The maximum atomic E-state index is 13.4. The molecule has 3 heterocycles. The van der Waals surface area contributed by atoms with Gasteiger partial charge >= 0.3 is 0 Å². The summed E-state index contributed by atoms with van der Waals surface area (Å²) in [6.07, 6.45) is 8.07. The van der Waals surface area contributed by atoms with E-state index in [1.807, 2.05) is 12.1 Å². The van der Waals surface area contributed by atoms with E-state index in [-0.39, 0.29) is 5.02 Å². The number of hydrogen-bond donors (Lipinski definition) is 2. The van der Waals surface area contributed by atoms with Gasteiger partial charge in [-0.2, -0.15) is 4.98 Å². The third-order valence-corrected chi connectivity index (χ3v) is 4.14. The van der Waals surface area contributed by atoms with Crippen LogP contribution in [0.2, 0.25) is 5.02 Å². The highest BCUT2D eigenvalue weighted by atomic mass is 35.5. The highest BCUT2D eigenvalue weighted by Crippen LogP contribution is 2.27. The Bertz CT molecular complexity index is 1080. The van der Waals surface area contributed by atoms with E-state index in [1.54, 1.807) is 30.9 Å². The number of furan rings is 1. The number of anilines is 3. The molecule has 0 atom stereocenters. The zero-order chi connectivity index (χ0) is 19.3. The lowest BCUT2D eigenvalue weighted by Crippen LogP contribution is -2.06. The number of halogens is 2.